The van der Waals surface area contributed by atoms with Crippen LogP contribution in [-0.4, -0.2) is 48.9 Å². The molecule has 0 saturated carbocycles. The summed E-state index contributed by atoms with van der Waals surface area (Å²) >= 11 is 0. The molecule has 2 amide bonds. The Balaban J connectivity index is 2.90. The van der Waals surface area contributed by atoms with Crippen molar-refractivity contribution in [3.05, 3.63) is 12.2 Å². The van der Waals surface area contributed by atoms with Crippen LogP contribution in [0.25, 0.3) is 0 Å². The van der Waals surface area contributed by atoms with Crippen LogP contribution in [0.5, 0.6) is 0 Å². The van der Waals surface area contributed by atoms with Gasteiger partial charge in [0.15, 0.2) is 0 Å². The van der Waals surface area contributed by atoms with Gasteiger partial charge in [0.05, 0.1) is 20.6 Å². The van der Waals surface area contributed by atoms with Crippen LogP contribution in [0.3, 0.4) is 0 Å². The molecule has 1 heterocycles. The van der Waals surface area contributed by atoms with Crippen molar-refractivity contribution in [3.8, 4) is 0 Å². The third-order valence-corrected chi connectivity index (χ3v) is 2.22. The molecule has 0 saturated heterocycles. The number of amides is 2. The average Bonchev–Trinajstić information content (AvgIpc) is 2.65. The molecule has 0 aromatic heterocycles. The molecule has 7 nitrogen and oxygen atoms in total. The fraction of sp³-hybridized carbons (Fsp3) is 0.400. The summed E-state index contributed by atoms with van der Waals surface area (Å²) in [7, 11) is 2.24. The minimum Gasteiger partial charge on any atom is -0.469 e. The Bertz CT molecular complexity index is 382. The highest BCUT2D eigenvalue weighted by Gasteiger charge is 2.38. The topological polar surface area (TPSA) is 90.0 Å². The van der Waals surface area contributed by atoms with Gasteiger partial charge in [-0.05, 0) is 0 Å². The van der Waals surface area contributed by atoms with Crippen LogP contribution >= 0.6 is 0 Å². The lowest BCUT2D eigenvalue weighted by Gasteiger charge is -2.22. The average molecular weight is 241 g/mol. The lowest BCUT2D eigenvalue weighted by Crippen LogP contribution is -2.46. The molecule has 0 unspecified atom stereocenters. The Hall–Kier alpha value is -2.18. The van der Waals surface area contributed by atoms with Crippen molar-refractivity contribution in [2.24, 2.45) is 0 Å². The van der Waals surface area contributed by atoms with Gasteiger partial charge < -0.3 is 9.47 Å². The fourth-order valence-corrected chi connectivity index (χ4v) is 1.38. The lowest BCUT2D eigenvalue weighted by atomic mass is 10.2. The first-order chi connectivity index (χ1) is 8.01. The number of rotatable bonds is 4. The number of nitrogens with zero attached hydrogens (tertiary/aromatic N) is 1. The molecule has 17 heavy (non-hydrogen) atoms. The number of methoxy groups -OCH3 is 2. The Morgan fingerprint density at radius 3 is 2.12 bits per heavy atom. The van der Waals surface area contributed by atoms with Crippen LogP contribution in [0.2, 0.25) is 0 Å². The molecular formula is C10H11NO6. The van der Waals surface area contributed by atoms with Gasteiger partial charge in [0.25, 0.3) is 11.8 Å². The Labute approximate surface area is 97.0 Å². The van der Waals surface area contributed by atoms with E-state index in [-0.39, 0.29) is 0 Å². The number of imide groups is 1. The van der Waals surface area contributed by atoms with Crippen molar-refractivity contribution in [3.63, 3.8) is 0 Å². The largest absolute Gasteiger partial charge is 0.469 e. The molecule has 7 heteroatoms. The molecule has 1 rings (SSSR count). The van der Waals surface area contributed by atoms with E-state index in [4.69, 9.17) is 0 Å². The summed E-state index contributed by atoms with van der Waals surface area (Å²) in [6.07, 6.45) is 1.62. The summed E-state index contributed by atoms with van der Waals surface area (Å²) in [5, 5.41) is 0. The van der Waals surface area contributed by atoms with E-state index in [1.54, 1.807) is 0 Å². The Kier molecular flexibility index (Phi) is 3.97. The summed E-state index contributed by atoms with van der Waals surface area (Å²) in [6.45, 7) is 0. The highest BCUT2D eigenvalue weighted by atomic mass is 16.5. The van der Waals surface area contributed by atoms with Gasteiger partial charge in [0, 0.05) is 12.2 Å². The number of ether oxygens (including phenoxy) is 2. The normalized spacial score (nSPS) is 16.0. The molecular weight excluding hydrogens is 230 g/mol. The number of hydrogen-bond donors (Lipinski definition) is 0. The minimum absolute atomic E-state index is 0.428. The summed E-state index contributed by atoms with van der Waals surface area (Å²) in [5.74, 6) is -2.88. The molecule has 0 aromatic carbocycles. The third-order valence-electron chi connectivity index (χ3n) is 2.22. The summed E-state index contributed by atoms with van der Waals surface area (Å²) in [4.78, 5) is 46.0. The smallest absolute Gasteiger partial charge is 0.329 e. The van der Waals surface area contributed by atoms with Crippen molar-refractivity contribution in [1.29, 1.82) is 0 Å². The van der Waals surface area contributed by atoms with Crippen molar-refractivity contribution in [1.82, 2.24) is 4.90 Å². The third kappa shape index (κ3) is 2.68. The summed E-state index contributed by atoms with van der Waals surface area (Å²) in [6, 6.07) is -1.29. The van der Waals surface area contributed by atoms with E-state index in [0.717, 1.165) is 26.4 Å². The predicted octanol–water partition coefficient (Wildman–Crippen LogP) is -0.984. The van der Waals surface area contributed by atoms with E-state index in [1.165, 1.54) is 0 Å². The van der Waals surface area contributed by atoms with Crippen LogP contribution in [-0.2, 0) is 28.7 Å². The summed E-state index contributed by atoms with van der Waals surface area (Å²) in [5.41, 5.74) is 0. The predicted molar refractivity (Wildman–Crippen MR) is 53.4 cm³/mol. The number of carbonyl (C=O) groups excluding carboxylic acids is 4. The van der Waals surface area contributed by atoms with Crippen molar-refractivity contribution in [2.45, 2.75) is 12.5 Å². The first kappa shape index (κ1) is 12.9. The number of esters is 2. The first-order valence-corrected chi connectivity index (χ1v) is 4.71. The molecule has 0 spiro atoms. The quantitative estimate of drug-likeness (QED) is 0.464. The van der Waals surface area contributed by atoms with Crippen LogP contribution in [0.1, 0.15) is 6.42 Å². The van der Waals surface area contributed by atoms with E-state index in [1.807, 2.05) is 0 Å². The second-order valence-corrected chi connectivity index (χ2v) is 3.20. The van der Waals surface area contributed by atoms with Crippen LogP contribution in [0.15, 0.2) is 12.2 Å². The lowest BCUT2D eigenvalue weighted by molar-refractivity contribution is -0.159. The van der Waals surface area contributed by atoms with Gasteiger partial charge in [-0.2, -0.15) is 0 Å². The molecule has 0 fully saturated rings. The van der Waals surface area contributed by atoms with Gasteiger partial charge in [0.1, 0.15) is 6.04 Å². The molecule has 0 N–H and O–H groups in total. The maximum absolute atomic E-state index is 11.4. The minimum atomic E-state index is -1.29. The van der Waals surface area contributed by atoms with E-state index in [2.05, 4.69) is 9.47 Å². The molecule has 1 aliphatic heterocycles. The van der Waals surface area contributed by atoms with Gasteiger partial charge in [-0.1, -0.05) is 0 Å². The molecule has 0 radical (unpaired) electrons. The zero-order valence-electron chi connectivity index (χ0n) is 9.34. The zero-order valence-corrected chi connectivity index (χ0v) is 9.34. The van der Waals surface area contributed by atoms with Crippen LogP contribution in [0.4, 0.5) is 0 Å². The maximum atomic E-state index is 11.4. The highest BCUT2D eigenvalue weighted by Crippen LogP contribution is 2.14. The first-order valence-electron chi connectivity index (χ1n) is 4.71. The maximum Gasteiger partial charge on any atom is 0.329 e. The monoisotopic (exact) mass is 241 g/mol. The fourth-order valence-electron chi connectivity index (χ4n) is 1.38. The molecule has 1 atom stereocenters. The second-order valence-electron chi connectivity index (χ2n) is 3.20. The van der Waals surface area contributed by atoms with Crippen molar-refractivity contribution in [2.75, 3.05) is 14.2 Å². The van der Waals surface area contributed by atoms with E-state index in [9.17, 15) is 19.2 Å². The van der Waals surface area contributed by atoms with E-state index < -0.39 is 36.2 Å². The molecule has 0 bridgehead atoms. The molecule has 1 aliphatic rings. The second kappa shape index (κ2) is 5.24. The zero-order chi connectivity index (χ0) is 13.0. The van der Waals surface area contributed by atoms with Crippen molar-refractivity contribution >= 4 is 23.8 Å². The SMILES string of the molecule is COC(=O)C[C@@H](C(=O)OC)N1C(=O)C=CC1=O. The van der Waals surface area contributed by atoms with E-state index >= 15 is 0 Å². The van der Waals surface area contributed by atoms with Gasteiger partial charge in [-0.15, -0.1) is 0 Å². The molecule has 92 valence electrons. The number of hydrogen-bond acceptors (Lipinski definition) is 6. The highest BCUT2D eigenvalue weighted by molar-refractivity contribution is 6.15. The standard InChI is InChI=1S/C10H11NO6/c1-16-9(14)5-6(10(15)17-2)11-7(12)3-4-8(11)13/h3-4,6H,5H2,1-2H3/t6-/m0/s1. The Morgan fingerprint density at radius 2 is 1.71 bits per heavy atom. The number of carbonyl (C=O) groups is 4. The molecule has 0 aromatic rings. The van der Waals surface area contributed by atoms with Gasteiger partial charge in [-0.3, -0.25) is 19.3 Å². The summed E-state index contributed by atoms with van der Waals surface area (Å²) < 4.78 is 8.84. The van der Waals surface area contributed by atoms with Crippen LogP contribution < -0.4 is 0 Å². The van der Waals surface area contributed by atoms with Gasteiger partial charge >= 0.3 is 11.9 Å². The van der Waals surface area contributed by atoms with Crippen molar-refractivity contribution < 1.29 is 28.7 Å². The van der Waals surface area contributed by atoms with Crippen LogP contribution in [0, 0.1) is 0 Å². The van der Waals surface area contributed by atoms with E-state index in [0.29, 0.717) is 4.90 Å². The molecule has 0 aliphatic carbocycles. The Morgan fingerprint density at radius 1 is 1.18 bits per heavy atom. The van der Waals surface area contributed by atoms with Gasteiger partial charge in [-0.25, -0.2) is 4.79 Å². The van der Waals surface area contributed by atoms with Gasteiger partial charge in [0.2, 0.25) is 0 Å².